The Balaban J connectivity index is 1.47. The van der Waals surface area contributed by atoms with E-state index in [2.05, 4.69) is 43.1 Å². The van der Waals surface area contributed by atoms with Gasteiger partial charge in [-0.25, -0.2) is 9.98 Å². The lowest BCUT2D eigenvalue weighted by Gasteiger charge is -2.02. The van der Waals surface area contributed by atoms with Gasteiger partial charge in [0, 0.05) is 35.5 Å². The molecule has 6 nitrogen and oxygen atoms in total. The second-order valence-corrected chi connectivity index (χ2v) is 7.42. The van der Waals surface area contributed by atoms with Gasteiger partial charge in [0.25, 0.3) is 5.91 Å². The van der Waals surface area contributed by atoms with Crippen molar-refractivity contribution in [2.24, 2.45) is 10.9 Å². The number of guanidine groups is 1. The number of aromatic amines is 1. The molecule has 5 rings (SSSR count). The van der Waals surface area contributed by atoms with Gasteiger partial charge in [0.05, 0.1) is 0 Å². The van der Waals surface area contributed by atoms with Crippen LogP contribution in [0.1, 0.15) is 18.4 Å². The highest BCUT2D eigenvalue weighted by Crippen LogP contribution is 2.28. The molecular weight excluding hydrogens is 346 g/mol. The van der Waals surface area contributed by atoms with Crippen molar-refractivity contribution in [2.45, 2.75) is 12.8 Å². The van der Waals surface area contributed by atoms with E-state index in [9.17, 15) is 4.79 Å². The molecule has 0 aromatic carbocycles. The lowest BCUT2D eigenvalue weighted by atomic mass is 10.1. The molecule has 0 atom stereocenters. The molecule has 1 amide bonds. The Hall–Kier alpha value is -2.93. The van der Waals surface area contributed by atoms with E-state index in [-0.39, 0.29) is 5.91 Å². The number of H-pyrrole nitrogens is 1. The molecule has 3 aromatic heterocycles. The largest absolute Gasteiger partial charge is 0.355 e. The van der Waals surface area contributed by atoms with Gasteiger partial charge in [0.1, 0.15) is 11.3 Å². The van der Waals surface area contributed by atoms with Crippen molar-refractivity contribution in [1.82, 2.24) is 20.6 Å². The Morgan fingerprint density at radius 1 is 1.35 bits per heavy atom. The van der Waals surface area contributed by atoms with Crippen LogP contribution in [0.2, 0.25) is 0 Å². The Morgan fingerprint density at radius 3 is 3.08 bits per heavy atom. The van der Waals surface area contributed by atoms with Gasteiger partial charge in [0.2, 0.25) is 5.96 Å². The van der Waals surface area contributed by atoms with E-state index in [0.717, 1.165) is 40.2 Å². The molecule has 3 N–H and O–H groups in total. The maximum Gasteiger partial charge on any atom is 0.276 e. The highest BCUT2D eigenvalue weighted by atomic mass is 32.1. The van der Waals surface area contributed by atoms with Crippen LogP contribution in [0, 0.1) is 5.92 Å². The van der Waals surface area contributed by atoms with Crippen molar-refractivity contribution >= 4 is 40.3 Å². The summed E-state index contributed by atoms with van der Waals surface area (Å²) < 4.78 is 0. The van der Waals surface area contributed by atoms with Crippen LogP contribution < -0.4 is 10.6 Å². The maximum absolute atomic E-state index is 12.2. The summed E-state index contributed by atoms with van der Waals surface area (Å²) in [5.74, 6) is 1.09. The number of carbonyl (C=O) groups is 1. The van der Waals surface area contributed by atoms with Gasteiger partial charge in [-0.3, -0.25) is 10.1 Å². The normalized spacial score (nSPS) is 18.4. The van der Waals surface area contributed by atoms with Crippen LogP contribution in [0.4, 0.5) is 0 Å². The number of pyridine rings is 1. The molecule has 3 aromatic rings. The monoisotopic (exact) mass is 363 g/mol. The molecule has 0 saturated heterocycles. The van der Waals surface area contributed by atoms with Crippen molar-refractivity contribution < 1.29 is 4.79 Å². The summed E-state index contributed by atoms with van der Waals surface area (Å²) in [4.78, 5) is 24.3. The smallest absolute Gasteiger partial charge is 0.276 e. The molecule has 0 radical (unpaired) electrons. The number of hydrogen-bond acceptors (Lipinski definition) is 5. The molecule has 7 heteroatoms. The van der Waals surface area contributed by atoms with E-state index in [1.54, 1.807) is 17.4 Å². The highest BCUT2D eigenvalue weighted by molar-refractivity contribution is 7.08. The second kappa shape index (κ2) is 6.10. The molecule has 2 aliphatic rings. The fourth-order valence-electron chi connectivity index (χ4n) is 2.99. The van der Waals surface area contributed by atoms with E-state index < -0.39 is 0 Å². The van der Waals surface area contributed by atoms with E-state index in [0.29, 0.717) is 11.7 Å². The van der Waals surface area contributed by atoms with Gasteiger partial charge in [-0.2, -0.15) is 11.3 Å². The van der Waals surface area contributed by atoms with Gasteiger partial charge < -0.3 is 10.3 Å². The van der Waals surface area contributed by atoms with E-state index in [1.807, 2.05) is 17.8 Å². The summed E-state index contributed by atoms with van der Waals surface area (Å²) in [6.45, 7) is 0.868. The molecule has 4 heterocycles. The number of thiophene rings is 1. The first-order valence-electron chi connectivity index (χ1n) is 8.61. The van der Waals surface area contributed by atoms with Crippen LogP contribution in [-0.2, 0) is 4.79 Å². The molecule has 1 fully saturated rings. The zero-order valence-corrected chi connectivity index (χ0v) is 14.8. The third-order valence-corrected chi connectivity index (χ3v) is 5.34. The van der Waals surface area contributed by atoms with Crippen LogP contribution in [0.3, 0.4) is 0 Å². The van der Waals surface area contributed by atoms with Gasteiger partial charge in [-0.05, 0) is 53.3 Å². The van der Waals surface area contributed by atoms with Crippen molar-refractivity contribution in [3.63, 3.8) is 0 Å². The van der Waals surface area contributed by atoms with Crippen LogP contribution in [-0.4, -0.2) is 28.4 Å². The van der Waals surface area contributed by atoms with Crippen molar-refractivity contribution in [2.75, 3.05) is 6.54 Å². The summed E-state index contributed by atoms with van der Waals surface area (Å²) in [5.41, 5.74) is 4.31. The van der Waals surface area contributed by atoms with Crippen molar-refractivity contribution in [3.05, 3.63) is 46.5 Å². The predicted molar refractivity (Wildman–Crippen MR) is 104 cm³/mol. The highest BCUT2D eigenvalue weighted by Gasteiger charge is 2.24. The summed E-state index contributed by atoms with van der Waals surface area (Å²) in [6, 6.07) is 4.17. The lowest BCUT2D eigenvalue weighted by Crippen LogP contribution is -2.37. The Kier molecular flexibility index (Phi) is 3.60. The van der Waals surface area contributed by atoms with Gasteiger partial charge in [-0.15, -0.1) is 0 Å². The minimum absolute atomic E-state index is 0.181. The number of rotatable bonds is 4. The Bertz CT molecular complexity index is 1040. The SMILES string of the molecule is O=C1NC(NCC2CC2)=NC1=Cc1c[nH]c2ncc(-c3ccsc3)cc12. The van der Waals surface area contributed by atoms with Crippen molar-refractivity contribution in [1.29, 1.82) is 0 Å². The zero-order valence-electron chi connectivity index (χ0n) is 14.0. The zero-order chi connectivity index (χ0) is 17.5. The average molecular weight is 363 g/mol. The maximum atomic E-state index is 12.2. The van der Waals surface area contributed by atoms with Crippen LogP contribution in [0.15, 0.2) is 46.0 Å². The van der Waals surface area contributed by atoms with E-state index >= 15 is 0 Å². The first-order valence-corrected chi connectivity index (χ1v) is 9.56. The number of aromatic nitrogens is 2. The molecule has 1 saturated carbocycles. The molecule has 130 valence electrons. The van der Waals surface area contributed by atoms with Crippen LogP contribution in [0.25, 0.3) is 28.2 Å². The van der Waals surface area contributed by atoms with Crippen LogP contribution in [0.5, 0.6) is 0 Å². The average Bonchev–Trinajstić information content (AvgIpc) is 3.04. The number of amides is 1. The summed E-state index contributed by atoms with van der Waals surface area (Å²) in [7, 11) is 0. The Morgan fingerprint density at radius 2 is 2.27 bits per heavy atom. The topological polar surface area (TPSA) is 82.2 Å². The third-order valence-electron chi connectivity index (χ3n) is 4.66. The van der Waals surface area contributed by atoms with Gasteiger partial charge >= 0.3 is 0 Å². The summed E-state index contributed by atoms with van der Waals surface area (Å²) in [6.07, 6.45) is 8.04. The molecule has 0 bridgehead atoms. The quantitative estimate of drug-likeness (QED) is 0.623. The molecular formula is C19H17N5OS. The molecule has 1 aliphatic carbocycles. The summed E-state index contributed by atoms with van der Waals surface area (Å²) >= 11 is 1.66. The number of aliphatic imine (C=N–C) groups is 1. The number of fused-ring (bicyclic) bond motifs is 1. The van der Waals surface area contributed by atoms with Gasteiger partial charge in [0.15, 0.2) is 0 Å². The molecule has 0 spiro atoms. The molecule has 1 aliphatic heterocycles. The number of nitrogens with one attached hydrogen (secondary N) is 3. The fraction of sp³-hybridized carbons (Fsp3) is 0.211. The molecule has 0 unspecified atom stereocenters. The number of carbonyl (C=O) groups excluding carboxylic acids is 1. The number of nitrogens with zero attached hydrogens (tertiary/aromatic N) is 2. The minimum Gasteiger partial charge on any atom is -0.355 e. The van der Waals surface area contributed by atoms with E-state index in [4.69, 9.17) is 0 Å². The molecule has 26 heavy (non-hydrogen) atoms. The van der Waals surface area contributed by atoms with Gasteiger partial charge in [-0.1, -0.05) is 0 Å². The second-order valence-electron chi connectivity index (χ2n) is 6.64. The fourth-order valence-corrected chi connectivity index (χ4v) is 3.66. The standard InChI is InChI=1S/C19H17N5OS/c25-18-16(23-19(24-18)22-7-11-1-2-11)6-14-9-21-17-15(14)5-13(8-20-17)12-3-4-26-10-12/h3-6,8-11H,1-2,7H2,(H,20,21)(H2,22,23,24,25). The van der Waals surface area contributed by atoms with E-state index in [1.165, 1.54) is 12.8 Å². The minimum atomic E-state index is -0.181. The summed E-state index contributed by atoms with van der Waals surface area (Å²) in [5, 5.41) is 11.1. The first kappa shape index (κ1) is 15.3. The first-order chi connectivity index (χ1) is 12.8. The third kappa shape index (κ3) is 2.90. The lowest BCUT2D eigenvalue weighted by molar-refractivity contribution is -0.115. The Labute approximate surface area is 154 Å². The number of hydrogen-bond donors (Lipinski definition) is 3. The van der Waals surface area contributed by atoms with Crippen molar-refractivity contribution in [3.8, 4) is 11.1 Å². The van der Waals surface area contributed by atoms with Crippen LogP contribution >= 0.6 is 11.3 Å². The predicted octanol–water partition coefficient (Wildman–Crippen LogP) is 3.12.